The second-order valence-corrected chi connectivity index (χ2v) is 8.57. The van der Waals surface area contributed by atoms with E-state index in [2.05, 4.69) is 12.3 Å². The van der Waals surface area contributed by atoms with Crippen LogP contribution in [0.2, 0.25) is 0 Å². The van der Waals surface area contributed by atoms with E-state index in [0.717, 1.165) is 15.5 Å². The van der Waals surface area contributed by atoms with Crippen LogP contribution in [0.4, 0.5) is 11.4 Å². The molecule has 33 heavy (non-hydrogen) atoms. The van der Waals surface area contributed by atoms with Gasteiger partial charge in [-0.05, 0) is 37.3 Å². The Labute approximate surface area is 194 Å². The van der Waals surface area contributed by atoms with E-state index in [4.69, 9.17) is 4.74 Å². The third-order valence-electron chi connectivity index (χ3n) is 5.59. The van der Waals surface area contributed by atoms with E-state index in [1.165, 1.54) is 30.0 Å². The van der Waals surface area contributed by atoms with Gasteiger partial charge < -0.3 is 9.84 Å². The van der Waals surface area contributed by atoms with Crippen LogP contribution in [0.15, 0.2) is 76.5 Å². The lowest BCUT2D eigenvalue weighted by Gasteiger charge is -2.38. The summed E-state index contributed by atoms with van der Waals surface area (Å²) < 4.78 is 5.23. The first-order valence-corrected chi connectivity index (χ1v) is 10.9. The van der Waals surface area contributed by atoms with E-state index in [-0.39, 0.29) is 22.2 Å². The molecule has 162 valence electrons. The lowest BCUT2D eigenvalue weighted by molar-refractivity contribution is 0.0436. The number of benzene rings is 3. The highest BCUT2D eigenvalue weighted by atomic mass is 32.2. The summed E-state index contributed by atoms with van der Waals surface area (Å²) >= 11 is 1.51. The summed E-state index contributed by atoms with van der Waals surface area (Å²) in [5.41, 5.74) is 1.58. The van der Waals surface area contributed by atoms with Crippen LogP contribution < -0.4 is 4.48 Å². The number of fused-ring (bicyclic) bond motifs is 2. The molecule has 0 amide bonds. The van der Waals surface area contributed by atoms with E-state index < -0.39 is 18.0 Å². The zero-order valence-electron chi connectivity index (χ0n) is 17.6. The zero-order chi connectivity index (χ0) is 23.6. The van der Waals surface area contributed by atoms with E-state index in [0.29, 0.717) is 11.3 Å². The highest BCUT2D eigenvalue weighted by molar-refractivity contribution is 7.99. The van der Waals surface area contributed by atoms with Gasteiger partial charge in [-0.1, -0.05) is 36.0 Å². The van der Waals surface area contributed by atoms with Gasteiger partial charge in [-0.15, -0.1) is 5.26 Å². The first-order chi connectivity index (χ1) is 15.9. The van der Waals surface area contributed by atoms with Crippen LogP contribution in [-0.2, 0) is 4.74 Å². The highest BCUT2D eigenvalue weighted by Crippen LogP contribution is 2.53. The second kappa shape index (κ2) is 8.79. The Morgan fingerprint density at radius 3 is 2.36 bits per heavy atom. The maximum absolute atomic E-state index is 12.7. The van der Waals surface area contributed by atoms with Gasteiger partial charge in [0.15, 0.2) is 11.4 Å². The van der Waals surface area contributed by atoms with Crippen molar-refractivity contribution in [1.82, 2.24) is 4.48 Å². The van der Waals surface area contributed by atoms with E-state index in [1.54, 1.807) is 25.1 Å². The Bertz CT molecular complexity index is 1360. The van der Waals surface area contributed by atoms with Crippen LogP contribution >= 0.6 is 11.8 Å². The first-order valence-electron chi connectivity index (χ1n) is 10.0. The maximum atomic E-state index is 12.7. The minimum absolute atomic E-state index is 0.0533. The first kappa shape index (κ1) is 22.1. The lowest BCUT2D eigenvalue weighted by Crippen LogP contribution is -2.51. The number of rotatable bonds is 5. The number of ether oxygens (including phenoxy) is 1. The summed E-state index contributed by atoms with van der Waals surface area (Å²) in [5.74, 6) is -2.00. The average molecular weight is 457 g/mol. The van der Waals surface area contributed by atoms with Gasteiger partial charge in [-0.2, -0.15) is 9.74 Å². The number of carboxylic acids is 1. The summed E-state index contributed by atoms with van der Waals surface area (Å²) in [6.07, 6.45) is 2.40. The number of esters is 1. The lowest BCUT2D eigenvalue weighted by atomic mass is 10.1. The number of aromatic carboxylic acids is 1. The van der Waals surface area contributed by atoms with Crippen molar-refractivity contribution in [3.05, 3.63) is 83.4 Å². The molecular weight excluding hydrogens is 438 g/mol. The van der Waals surface area contributed by atoms with Crippen LogP contribution in [0.1, 0.15) is 33.2 Å². The minimum atomic E-state index is -1.23. The van der Waals surface area contributed by atoms with Crippen LogP contribution in [0, 0.1) is 22.8 Å². The number of hydrogen-bond donors (Lipinski definition) is 1. The molecule has 0 radical (unpaired) electrons. The Morgan fingerprint density at radius 1 is 1.00 bits per heavy atom. The Balaban J connectivity index is 1.73. The van der Waals surface area contributed by atoms with E-state index >= 15 is 0 Å². The third kappa shape index (κ3) is 3.72. The molecule has 0 fully saturated rings. The minimum Gasteiger partial charge on any atom is -0.478 e. The summed E-state index contributed by atoms with van der Waals surface area (Å²) in [5, 5.41) is 29.3. The molecule has 1 N–H and O–H groups in total. The Kier molecular flexibility index (Phi) is 5.89. The molecule has 1 aliphatic heterocycles. The Hall–Kier alpha value is -4.11. The summed E-state index contributed by atoms with van der Waals surface area (Å²) in [6.45, 7) is 1.64. The predicted molar refractivity (Wildman–Crippen MR) is 122 cm³/mol. The van der Waals surface area contributed by atoms with Crippen molar-refractivity contribution in [3.8, 4) is 12.3 Å². The number of carbonyl (C=O) groups is 2. The molecule has 1 aliphatic rings. The van der Waals surface area contributed by atoms with Crippen molar-refractivity contribution >= 4 is 35.1 Å². The second-order valence-electron chi connectivity index (χ2n) is 7.49. The van der Waals surface area contributed by atoms with Crippen molar-refractivity contribution in [1.29, 1.82) is 10.5 Å². The van der Waals surface area contributed by atoms with Crippen molar-refractivity contribution in [2.75, 3.05) is 6.61 Å². The zero-order valence-corrected chi connectivity index (χ0v) is 18.4. The van der Waals surface area contributed by atoms with Crippen molar-refractivity contribution in [2.45, 2.75) is 22.8 Å². The van der Waals surface area contributed by atoms with Gasteiger partial charge in [0.2, 0.25) is 0 Å². The molecule has 2 unspecified atom stereocenters. The number of nitrogens with zero attached hydrogens (tertiary/aromatic N) is 3. The van der Waals surface area contributed by atoms with Gasteiger partial charge in [0.1, 0.15) is 12.6 Å². The van der Waals surface area contributed by atoms with Gasteiger partial charge in [0, 0.05) is 12.1 Å². The monoisotopic (exact) mass is 456 g/mol. The SMILES string of the molecule is CC(COC(=O)c1ccccc1C(=O)O)[N+]1(C#N)c2ccccc2Sc2ccc(C#N)cc21. The van der Waals surface area contributed by atoms with Gasteiger partial charge >= 0.3 is 18.1 Å². The standard InChI is InChI=1S/C25H17N3O4S/c1-16(14-32-25(31)19-7-3-2-6-18(19)24(29)30)28(15-27)20-8-4-5-9-22(20)33-23-11-10-17(13-26)12-21(23)28/h2-12,16H,14H2,1H3/p+1. The molecule has 2 atom stereocenters. The van der Waals surface area contributed by atoms with Crippen LogP contribution in [0.5, 0.6) is 0 Å². The smallest absolute Gasteiger partial charge is 0.339 e. The summed E-state index contributed by atoms with van der Waals surface area (Å²) in [7, 11) is 0. The fourth-order valence-electron chi connectivity index (χ4n) is 3.95. The topological polar surface area (TPSA) is 111 Å². The largest absolute Gasteiger partial charge is 0.478 e. The fraction of sp³-hybridized carbons (Fsp3) is 0.120. The predicted octanol–water partition coefficient (Wildman–Crippen LogP) is 5.09. The van der Waals surface area contributed by atoms with Gasteiger partial charge in [-0.25, -0.2) is 9.59 Å². The quantitative estimate of drug-likeness (QED) is 0.323. The average Bonchev–Trinajstić information content (AvgIpc) is 2.85. The normalized spacial score (nSPS) is 16.9. The van der Waals surface area contributed by atoms with Crippen LogP contribution in [-0.4, -0.2) is 29.7 Å². The molecule has 3 aromatic rings. The van der Waals surface area contributed by atoms with Gasteiger partial charge in [0.25, 0.3) is 0 Å². The van der Waals surface area contributed by atoms with Crippen LogP contribution in [0.3, 0.4) is 0 Å². The third-order valence-corrected chi connectivity index (χ3v) is 6.72. The van der Waals surface area contributed by atoms with Gasteiger partial charge in [-0.3, -0.25) is 0 Å². The van der Waals surface area contributed by atoms with Crippen molar-refractivity contribution in [3.63, 3.8) is 0 Å². The molecule has 1 heterocycles. The molecule has 0 aromatic heterocycles. The molecule has 0 aliphatic carbocycles. The van der Waals surface area contributed by atoms with Crippen molar-refractivity contribution < 1.29 is 19.4 Å². The molecule has 3 aromatic carbocycles. The Morgan fingerprint density at radius 2 is 1.67 bits per heavy atom. The number of carbonyl (C=O) groups excluding carboxylic acids is 1. The number of carboxylic acid groups (broad SMARTS) is 1. The van der Waals surface area contributed by atoms with E-state index in [1.807, 2.05) is 30.3 Å². The summed E-state index contributed by atoms with van der Waals surface area (Å²) in [4.78, 5) is 25.9. The highest BCUT2D eigenvalue weighted by Gasteiger charge is 2.47. The summed E-state index contributed by atoms with van der Waals surface area (Å²) in [6, 6.07) is 20.1. The van der Waals surface area contributed by atoms with Crippen LogP contribution in [0.25, 0.3) is 0 Å². The number of para-hydroxylation sites is 1. The molecule has 0 spiro atoms. The number of nitriles is 2. The van der Waals surface area contributed by atoms with E-state index in [9.17, 15) is 25.2 Å². The molecule has 0 saturated carbocycles. The number of hydrogen-bond acceptors (Lipinski definition) is 6. The molecule has 4 rings (SSSR count). The molecule has 0 saturated heterocycles. The molecule has 8 heteroatoms. The number of quaternary nitrogens is 1. The molecular formula is C25H18N3O4S+. The molecule has 0 bridgehead atoms. The molecule has 7 nitrogen and oxygen atoms in total. The fourth-order valence-corrected chi connectivity index (χ4v) is 5.09. The maximum Gasteiger partial charge on any atom is 0.339 e. The van der Waals surface area contributed by atoms with Gasteiger partial charge in [0.05, 0.1) is 32.6 Å². The van der Waals surface area contributed by atoms with Crippen molar-refractivity contribution in [2.24, 2.45) is 0 Å².